The van der Waals surface area contributed by atoms with Gasteiger partial charge in [-0.2, -0.15) is 0 Å². The van der Waals surface area contributed by atoms with Gasteiger partial charge in [0.1, 0.15) is 5.82 Å². The zero-order valence-electron chi connectivity index (χ0n) is 12.5. The third kappa shape index (κ3) is 4.91. The quantitative estimate of drug-likeness (QED) is 0.851. The molecule has 1 N–H and O–H groups in total. The number of nitrogens with one attached hydrogen (secondary N) is 1. The zero-order chi connectivity index (χ0) is 16.7. The third-order valence-electron chi connectivity index (χ3n) is 2.86. The zero-order valence-corrected chi connectivity index (χ0v) is 12.5. The van der Waals surface area contributed by atoms with Crippen molar-refractivity contribution in [1.29, 1.82) is 0 Å². The van der Waals surface area contributed by atoms with Crippen molar-refractivity contribution in [3.63, 3.8) is 0 Å². The van der Waals surface area contributed by atoms with E-state index in [-0.39, 0.29) is 18.9 Å². The molecule has 122 valence electrons. The smallest absolute Gasteiger partial charge is 0.258 e. The van der Waals surface area contributed by atoms with Crippen LogP contribution in [0.5, 0.6) is 11.6 Å². The standard InChI is InChI=1S/C16H16F2N2O3/c1-2-22-16-11(4-3-7-19-16)9-20-15(21)10-23-14-6-5-12(17)8-13(14)18/h3-8H,2,9-10H2,1H3,(H,20,21). The number of hydrogen-bond donors (Lipinski definition) is 1. The lowest BCUT2D eigenvalue weighted by Gasteiger charge is -2.10. The van der Waals surface area contributed by atoms with Crippen molar-refractivity contribution in [2.75, 3.05) is 13.2 Å². The number of carbonyl (C=O) groups is 1. The molecule has 5 nitrogen and oxygen atoms in total. The minimum absolute atomic E-state index is 0.182. The topological polar surface area (TPSA) is 60.5 Å². The number of hydrogen-bond acceptors (Lipinski definition) is 4. The number of benzene rings is 1. The number of pyridine rings is 1. The molecule has 7 heteroatoms. The largest absolute Gasteiger partial charge is 0.481 e. The van der Waals surface area contributed by atoms with Crippen LogP contribution in [0.4, 0.5) is 8.78 Å². The van der Waals surface area contributed by atoms with E-state index in [9.17, 15) is 13.6 Å². The summed E-state index contributed by atoms with van der Waals surface area (Å²) in [5.74, 6) is -1.75. The van der Waals surface area contributed by atoms with E-state index in [2.05, 4.69) is 10.3 Å². The monoisotopic (exact) mass is 322 g/mol. The predicted molar refractivity (Wildman–Crippen MR) is 79.1 cm³/mol. The Morgan fingerprint density at radius 3 is 2.83 bits per heavy atom. The third-order valence-corrected chi connectivity index (χ3v) is 2.86. The van der Waals surface area contributed by atoms with Gasteiger partial charge in [-0.25, -0.2) is 13.8 Å². The van der Waals surface area contributed by atoms with Crippen LogP contribution < -0.4 is 14.8 Å². The lowest BCUT2D eigenvalue weighted by atomic mass is 10.2. The number of halogens is 2. The lowest BCUT2D eigenvalue weighted by Crippen LogP contribution is -2.28. The Morgan fingerprint density at radius 1 is 1.26 bits per heavy atom. The molecule has 1 heterocycles. The molecule has 1 aromatic heterocycles. The highest BCUT2D eigenvalue weighted by Crippen LogP contribution is 2.17. The fraction of sp³-hybridized carbons (Fsp3) is 0.250. The van der Waals surface area contributed by atoms with Crippen molar-refractivity contribution in [3.05, 3.63) is 53.7 Å². The van der Waals surface area contributed by atoms with Crippen LogP contribution in [-0.2, 0) is 11.3 Å². The number of amides is 1. The Labute approximate surface area is 132 Å². The van der Waals surface area contributed by atoms with Gasteiger partial charge in [0.05, 0.1) is 6.61 Å². The molecule has 0 spiro atoms. The van der Waals surface area contributed by atoms with Crippen molar-refractivity contribution < 1.29 is 23.0 Å². The number of rotatable bonds is 7. The van der Waals surface area contributed by atoms with E-state index in [1.165, 1.54) is 0 Å². The highest BCUT2D eigenvalue weighted by Gasteiger charge is 2.09. The van der Waals surface area contributed by atoms with Crippen LogP contribution in [0.1, 0.15) is 12.5 Å². The molecule has 1 aromatic carbocycles. The molecule has 1 amide bonds. The first-order valence-electron chi connectivity index (χ1n) is 7.01. The number of carbonyl (C=O) groups excluding carboxylic acids is 1. The van der Waals surface area contributed by atoms with Crippen LogP contribution >= 0.6 is 0 Å². The molecule has 0 bridgehead atoms. The molecule has 0 fully saturated rings. The van der Waals surface area contributed by atoms with Crippen molar-refractivity contribution >= 4 is 5.91 Å². The molecule has 0 saturated heterocycles. The van der Waals surface area contributed by atoms with E-state index >= 15 is 0 Å². The van der Waals surface area contributed by atoms with Crippen LogP contribution in [0.15, 0.2) is 36.5 Å². The van der Waals surface area contributed by atoms with Gasteiger partial charge in [-0.3, -0.25) is 4.79 Å². The molecule has 0 unspecified atom stereocenters. The van der Waals surface area contributed by atoms with Crippen LogP contribution in [0.25, 0.3) is 0 Å². The SMILES string of the molecule is CCOc1ncccc1CNC(=O)COc1ccc(F)cc1F. The van der Waals surface area contributed by atoms with E-state index in [0.29, 0.717) is 18.6 Å². The molecule has 0 aliphatic heterocycles. The highest BCUT2D eigenvalue weighted by atomic mass is 19.1. The molecular formula is C16H16F2N2O3. The normalized spacial score (nSPS) is 10.2. The van der Waals surface area contributed by atoms with E-state index in [4.69, 9.17) is 9.47 Å². The number of nitrogens with zero attached hydrogens (tertiary/aromatic N) is 1. The van der Waals surface area contributed by atoms with Crippen LogP contribution in [0.2, 0.25) is 0 Å². The summed E-state index contributed by atoms with van der Waals surface area (Å²) in [4.78, 5) is 15.8. The van der Waals surface area contributed by atoms with Gasteiger partial charge in [0, 0.05) is 24.4 Å². The maximum atomic E-state index is 13.4. The first-order chi connectivity index (χ1) is 11.1. The maximum Gasteiger partial charge on any atom is 0.258 e. The highest BCUT2D eigenvalue weighted by molar-refractivity contribution is 5.77. The summed E-state index contributed by atoms with van der Waals surface area (Å²) in [5, 5.41) is 2.62. The van der Waals surface area contributed by atoms with E-state index < -0.39 is 17.5 Å². The van der Waals surface area contributed by atoms with Gasteiger partial charge >= 0.3 is 0 Å². The van der Waals surface area contributed by atoms with Gasteiger partial charge < -0.3 is 14.8 Å². The minimum atomic E-state index is -0.858. The van der Waals surface area contributed by atoms with Crippen molar-refractivity contribution in [1.82, 2.24) is 10.3 Å². The maximum absolute atomic E-state index is 13.4. The number of aromatic nitrogens is 1. The van der Waals surface area contributed by atoms with Gasteiger partial charge in [0.15, 0.2) is 18.2 Å². The second kappa shape index (κ2) is 8.07. The summed E-state index contributed by atoms with van der Waals surface area (Å²) >= 11 is 0. The second-order valence-electron chi connectivity index (χ2n) is 4.54. The predicted octanol–water partition coefficient (Wildman–Crippen LogP) is 2.45. The molecule has 0 atom stereocenters. The molecule has 0 radical (unpaired) electrons. The molecule has 23 heavy (non-hydrogen) atoms. The van der Waals surface area contributed by atoms with Crippen LogP contribution in [-0.4, -0.2) is 24.1 Å². The second-order valence-corrected chi connectivity index (χ2v) is 4.54. The molecule has 2 aromatic rings. The molecule has 0 saturated carbocycles. The average molecular weight is 322 g/mol. The summed E-state index contributed by atoms with van der Waals surface area (Å²) in [6.45, 7) is 2.12. The van der Waals surface area contributed by atoms with Gasteiger partial charge in [0.25, 0.3) is 5.91 Å². The Bertz CT molecular complexity index is 680. The Morgan fingerprint density at radius 2 is 2.09 bits per heavy atom. The Balaban J connectivity index is 1.86. The van der Waals surface area contributed by atoms with Crippen LogP contribution in [0, 0.1) is 11.6 Å². The molecule has 0 aliphatic carbocycles. The fourth-order valence-electron chi connectivity index (χ4n) is 1.81. The Kier molecular flexibility index (Phi) is 5.85. The molecular weight excluding hydrogens is 306 g/mol. The lowest BCUT2D eigenvalue weighted by molar-refractivity contribution is -0.123. The summed E-state index contributed by atoms with van der Waals surface area (Å²) in [6.07, 6.45) is 1.59. The number of ether oxygens (including phenoxy) is 2. The fourth-order valence-corrected chi connectivity index (χ4v) is 1.81. The first-order valence-corrected chi connectivity index (χ1v) is 7.01. The summed E-state index contributed by atoms with van der Waals surface area (Å²) in [7, 11) is 0. The molecule has 2 rings (SSSR count). The average Bonchev–Trinajstić information content (AvgIpc) is 2.53. The minimum Gasteiger partial charge on any atom is -0.481 e. The van der Waals surface area contributed by atoms with Crippen molar-refractivity contribution in [3.8, 4) is 11.6 Å². The van der Waals surface area contributed by atoms with Gasteiger partial charge in [-0.05, 0) is 25.1 Å². The molecule has 0 aliphatic rings. The van der Waals surface area contributed by atoms with E-state index in [1.54, 1.807) is 18.3 Å². The first kappa shape index (κ1) is 16.7. The van der Waals surface area contributed by atoms with Gasteiger partial charge in [-0.15, -0.1) is 0 Å². The van der Waals surface area contributed by atoms with Gasteiger partial charge in [-0.1, -0.05) is 6.07 Å². The summed E-state index contributed by atoms with van der Waals surface area (Å²) < 4.78 is 36.5. The van der Waals surface area contributed by atoms with E-state index in [1.807, 2.05) is 6.92 Å². The van der Waals surface area contributed by atoms with Crippen molar-refractivity contribution in [2.24, 2.45) is 0 Å². The van der Waals surface area contributed by atoms with Crippen LogP contribution in [0.3, 0.4) is 0 Å². The summed E-state index contributed by atoms with van der Waals surface area (Å²) in [5.41, 5.74) is 0.718. The van der Waals surface area contributed by atoms with Gasteiger partial charge in [0.2, 0.25) is 5.88 Å². The summed E-state index contributed by atoms with van der Waals surface area (Å²) in [6, 6.07) is 6.39. The Hall–Kier alpha value is -2.70. The van der Waals surface area contributed by atoms with E-state index in [0.717, 1.165) is 17.7 Å². The van der Waals surface area contributed by atoms with Crippen molar-refractivity contribution in [2.45, 2.75) is 13.5 Å².